The van der Waals surface area contributed by atoms with Gasteiger partial charge in [-0.15, -0.1) is 0 Å². The zero-order valence-electron chi connectivity index (χ0n) is 11.7. The first-order chi connectivity index (χ1) is 8.93. The molecule has 0 aromatic carbocycles. The lowest BCUT2D eigenvalue weighted by Crippen LogP contribution is -2.56. The van der Waals surface area contributed by atoms with Crippen LogP contribution in [0, 0.1) is 0 Å². The molecule has 18 heavy (non-hydrogen) atoms. The highest BCUT2D eigenvalue weighted by atomic mass is 15.3. The molecule has 3 heteroatoms. The molecule has 0 aromatic rings. The van der Waals surface area contributed by atoms with E-state index in [1.807, 2.05) is 0 Å². The van der Waals surface area contributed by atoms with Gasteiger partial charge in [-0.1, -0.05) is 19.3 Å². The van der Waals surface area contributed by atoms with E-state index in [9.17, 15) is 0 Å². The standard InChI is InChI=1S/C15H29N3/c1-2-5-14(6-3-1)17-9-11-18(12-10-17)15-7-4-8-16-13-15/h14-16H,1-13H2. The molecule has 0 aromatic heterocycles. The molecule has 0 radical (unpaired) electrons. The van der Waals surface area contributed by atoms with Gasteiger partial charge in [0, 0.05) is 44.8 Å². The Morgan fingerprint density at radius 3 is 1.89 bits per heavy atom. The molecule has 1 N–H and O–H groups in total. The van der Waals surface area contributed by atoms with Gasteiger partial charge >= 0.3 is 0 Å². The highest BCUT2D eigenvalue weighted by Gasteiger charge is 2.28. The Bertz CT molecular complexity index is 210. The van der Waals surface area contributed by atoms with Crippen molar-refractivity contribution in [2.75, 3.05) is 39.3 Å². The van der Waals surface area contributed by atoms with Gasteiger partial charge < -0.3 is 5.32 Å². The van der Waals surface area contributed by atoms with E-state index in [2.05, 4.69) is 15.1 Å². The van der Waals surface area contributed by atoms with Crippen LogP contribution in [0.25, 0.3) is 0 Å². The van der Waals surface area contributed by atoms with E-state index in [1.165, 1.54) is 84.2 Å². The lowest BCUT2D eigenvalue weighted by atomic mass is 9.93. The van der Waals surface area contributed by atoms with Crippen LogP contribution in [0.2, 0.25) is 0 Å². The van der Waals surface area contributed by atoms with Crippen molar-refractivity contribution in [1.82, 2.24) is 15.1 Å². The maximum absolute atomic E-state index is 3.55. The van der Waals surface area contributed by atoms with E-state index in [-0.39, 0.29) is 0 Å². The summed E-state index contributed by atoms with van der Waals surface area (Å²) < 4.78 is 0. The summed E-state index contributed by atoms with van der Waals surface area (Å²) in [5.41, 5.74) is 0. The lowest BCUT2D eigenvalue weighted by Gasteiger charge is -2.44. The van der Waals surface area contributed by atoms with E-state index in [4.69, 9.17) is 0 Å². The fraction of sp³-hybridized carbons (Fsp3) is 1.00. The third kappa shape index (κ3) is 3.06. The van der Waals surface area contributed by atoms with Gasteiger partial charge in [0.05, 0.1) is 0 Å². The number of piperazine rings is 1. The molecule has 1 unspecified atom stereocenters. The van der Waals surface area contributed by atoms with E-state index in [0.717, 1.165) is 12.1 Å². The molecular weight excluding hydrogens is 222 g/mol. The van der Waals surface area contributed by atoms with Crippen molar-refractivity contribution in [1.29, 1.82) is 0 Å². The van der Waals surface area contributed by atoms with Crippen LogP contribution in [0.5, 0.6) is 0 Å². The minimum absolute atomic E-state index is 0.826. The highest BCUT2D eigenvalue weighted by Crippen LogP contribution is 2.24. The molecule has 0 bridgehead atoms. The molecule has 1 atom stereocenters. The first-order valence-electron chi connectivity index (χ1n) is 8.12. The Labute approximate surface area is 112 Å². The first kappa shape index (κ1) is 12.9. The number of rotatable bonds is 2. The smallest absolute Gasteiger partial charge is 0.0222 e. The average molecular weight is 251 g/mol. The lowest BCUT2D eigenvalue weighted by molar-refractivity contribution is 0.0498. The molecule has 2 aliphatic heterocycles. The van der Waals surface area contributed by atoms with Crippen molar-refractivity contribution in [2.45, 2.75) is 57.0 Å². The van der Waals surface area contributed by atoms with Gasteiger partial charge in [-0.2, -0.15) is 0 Å². The largest absolute Gasteiger partial charge is 0.315 e. The normalized spacial score (nSPS) is 33.7. The third-order valence-corrected chi connectivity index (χ3v) is 5.23. The van der Waals surface area contributed by atoms with Crippen LogP contribution in [0.1, 0.15) is 44.9 Å². The monoisotopic (exact) mass is 251 g/mol. The molecule has 3 rings (SSSR count). The number of nitrogens with zero attached hydrogens (tertiary/aromatic N) is 2. The average Bonchev–Trinajstić information content (AvgIpc) is 2.49. The molecule has 1 aliphatic carbocycles. The maximum atomic E-state index is 3.55. The van der Waals surface area contributed by atoms with Crippen LogP contribution < -0.4 is 5.32 Å². The van der Waals surface area contributed by atoms with Crippen LogP contribution in [0.4, 0.5) is 0 Å². The molecule has 0 amide bonds. The zero-order chi connectivity index (χ0) is 12.2. The second kappa shape index (κ2) is 6.36. The summed E-state index contributed by atoms with van der Waals surface area (Å²) in [5.74, 6) is 0. The molecule has 104 valence electrons. The summed E-state index contributed by atoms with van der Waals surface area (Å²) in [6, 6.07) is 1.75. The van der Waals surface area contributed by atoms with Crippen LogP contribution in [-0.4, -0.2) is 61.2 Å². The molecule has 2 heterocycles. The Balaban J connectivity index is 1.45. The van der Waals surface area contributed by atoms with Gasteiger partial charge in [0.2, 0.25) is 0 Å². The van der Waals surface area contributed by atoms with Crippen LogP contribution in [0.15, 0.2) is 0 Å². The van der Waals surface area contributed by atoms with Crippen molar-refractivity contribution in [3.8, 4) is 0 Å². The van der Waals surface area contributed by atoms with Crippen molar-refractivity contribution >= 4 is 0 Å². The predicted molar refractivity (Wildman–Crippen MR) is 75.9 cm³/mol. The number of nitrogens with one attached hydrogen (secondary N) is 1. The van der Waals surface area contributed by atoms with Gasteiger partial charge in [0.15, 0.2) is 0 Å². The summed E-state index contributed by atoms with van der Waals surface area (Å²) in [7, 11) is 0. The van der Waals surface area contributed by atoms with Crippen LogP contribution in [0.3, 0.4) is 0 Å². The molecule has 0 spiro atoms. The van der Waals surface area contributed by atoms with Crippen molar-refractivity contribution in [2.24, 2.45) is 0 Å². The van der Waals surface area contributed by atoms with E-state index < -0.39 is 0 Å². The molecule has 3 aliphatic rings. The minimum Gasteiger partial charge on any atom is -0.315 e. The minimum atomic E-state index is 0.826. The SMILES string of the molecule is C1CCC(N2CCN(C3CCCNC3)CC2)CC1. The topological polar surface area (TPSA) is 18.5 Å². The summed E-state index contributed by atoms with van der Waals surface area (Å²) in [5, 5.41) is 3.55. The number of piperidine rings is 1. The maximum Gasteiger partial charge on any atom is 0.0222 e. The molecular formula is C15H29N3. The first-order valence-corrected chi connectivity index (χ1v) is 8.12. The van der Waals surface area contributed by atoms with Gasteiger partial charge in [-0.3, -0.25) is 9.80 Å². The van der Waals surface area contributed by atoms with E-state index in [1.54, 1.807) is 0 Å². The summed E-state index contributed by atoms with van der Waals surface area (Å²) in [4.78, 5) is 5.53. The van der Waals surface area contributed by atoms with Gasteiger partial charge in [0.1, 0.15) is 0 Å². The van der Waals surface area contributed by atoms with Gasteiger partial charge in [-0.05, 0) is 32.2 Å². The van der Waals surface area contributed by atoms with Crippen molar-refractivity contribution in [3.05, 3.63) is 0 Å². The van der Waals surface area contributed by atoms with Gasteiger partial charge in [0.25, 0.3) is 0 Å². The molecule has 3 nitrogen and oxygen atoms in total. The van der Waals surface area contributed by atoms with Crippen LogP contribution in [-0.2, 0) is 0 Å². The Kier molecular flexibility index (Phi) is 4.55. The second-order valence-electron chi connectivity index (χ2n) is 6.36. The van der Waals surface area contributed by atoms with E-state index in [0.29, 0.717) is 0 Å². The Hall–Kier alpha value is -0.120. The Morgan fingerprint density at radius 2 is 1.28 bits per heavy atom. The predicted octanol–water partition coefficient (Wildman–Crippen LogP) is 1.69. The number of hydrogen-bond donors (Lipinski definition) is 1. The second-order valence-corrected chi connectivity index (χ2v) is 6.36. The van der Waals surface area contributed by atoms with Gasteiger partial charge in [-0.25, -0.2) is 0 Å². The fourth-order valence-electron chi connectivity index (χ4n) is 4.06. The molecule has 3 fully saturated rings. The van der Waals surface area contributed by atoms with Crippen LogP contribution >= 0.6 is 0 Å². The molecule has 2 saturated heterocycles. The summed E-state index contributed by atoms with van der Waals surface area (Å²) in [6.07, 6.45) is 10.1. The quantitative estimate of drug-likeness (QED) is 0.806. The highest BCUT2D eigenvalue weighted by molar-refractivity contribution is 4.85. The molecule has 1 saturated carbocycles. The third-order valence-electron chi connectivity index (χ3n) is 5.23. The van der Waals surface area contributed by atoms with Crippen molar-refractivity contribution < 1.29 is 0 Å². The fourth-order valence-corrected chi connectivity index (χ4v) is 4.06. The van der Waals surface area contributed by atoms with Crippen molar-refractivity contribution in [3.63, 3.8) is 0 Å². The Morgan fingerprint density at radius 1 is 0.667 bits per heavy atom. The summed E-state index contributed by atoms with van der Waals surface area (Å²) >= 11 is 0. The zero-order valence-corrected chi connectivity index (χ0v) is 11.7. The van der Waals surface area contributed by atoms with E-state index >= 15 is 0 Å². The summed E-state index contributed by atoms with van der Waals surface area (Å²) in [6.45, 7) is 7.72. The number of hydrogen-bond acceptors (Lipinski definition) is 3.